The Labute approximate surface area is 143 Å². The van der Waals surface area contributed by atoms with Gasteiger partial charge < -0.3 is 4.74 Å². The molecule has 0 spiro atoms. The number of aromatic nitrogens is 5. The zero-order valence-corrected chi connectivity index (χ0v) is 14.4. The summed E-state index contributed by atoms with van der Waals surface area (Å²) in [4.78, 5) is 4.44. The van der Waals surface area contributed by atoms with Gasteiger partial charge in [0.15, 0.2) is 0 Å². The molecule has 128 valence electrons. The molecule has 2 aromatic heterocycles. The van der Waals surface area contributed by atoms with Gasteiger partial charge in [-0.1, -0.05) is 0 Å². The molecule has 11 heteroatoms. The van der Waals surface area contributed by atoms with E-state index in [0.717, 1.165) is 12.8 Å². The van der Waals surface area contributed by atoms with E-state index in [0.29, 0.717) is 42.5 Å². The number of hydrogen-bond acceptors (Lipinski definition) is 8. The average Bonchev–Trinajstić information content (AvgIpc) is 3.36. The Hall–Kier alpha value is -1.56. The molecule has 2 aliphatic rings. The maximum Gasteiger partial charge on any atom is 0.244 e. The second-order valence-electron chi connectivity index (χ2n) is 5.59. The van der Waals surface area contributed by atoms with E-state index >= 15 is 0 Å². The maximum absolute atomic E-state index is 12.6. The minimum Gasteiger partial charge on any atom is -0.379 e. The lowest BCUT2D eigenvalue weighted by molar-refractivity contribution is 0.0730. The molecule has 9 nitrogen and oxygen atoms in total. The van der Waals surface area contributed by atoms with Crippen molar-refractivity contribution in [1.29, 1.82) is 0 Å². The summed E-state index contributed by atoms with van der Waals surface area (Å²) in [5.41, 5.74) is 0. The van der Waals surface area contributed by atoms with Crippen LogP contribution in [0.2, 0.25) is 0 Å². The minimum absolute atomic E-state index is 0.190. The van der Waals surface area contributed by atoms with Gasteiger partial charge in [-0.2, -0.15) is 4.31 Å². The number of nitrogens with zero attached hydrogens (tertiary/aromatic N) is 6. The maximum atomic E-state index is 12.6. The van der Waals surface area contributed by atoms with Crippen LogP contribution in [0.5, 0.6) is 0 Å². The van der Waals surface area contributed by atoms with Crippen molar-refractivity contribution in [3.8, 4) is 0 Å². The topological polar surface area (TPSA) is 103 Å². The van der Waals surface area contributed by atoms with E-state index < -0.39 is 10.0 Å². The molecule has 1 saturated heterocycles. The van der Waals surface area contributed by atoms with Crippen molar-refractivity contribution < 1.29 is 13.2 Å². The quantitative estimate of drug-likeness (QED) is 0.755. The van der Waals surface area contributed by atoms with Gasteiger partial charge in [-0.25, -0.2) is 18.1 Å². The van der Waals surface area contributed by atoms with Crippen LogP contribution in [0.1, 0.15) is 18.9 Å². The van der Waals surface area contributed by atoms with Crippen LogP contribution in [0.4, 0.5) is 0 Å². The third-order valence-electron chi connectivity index (χ3n) is 3.87. The van der Waals surface area contributed by atoms with E-state index in [2.05, 4.69) is 20.5 Å². The molecule has 1 aliphatic carbocycles. The number of pyridine rings is 1. The lowest BCUT2D eigenvalue weighted by Gasteiger charge is -2.25. The molecule has 1 saturated carbocycles. The van der Waals surface area contributed by atoms with E-state index in [1.807, 2.05) is 0 Å². The van der Waals surface area contributed by atoms with Gasteiger partial charge in [0.2, 0.25) is 15.2 Å². The van der Waals surface area contributed by atoms with Crippen molar-refractivity contribution in [2.24, 2.45) is 0 Å². The molecule has 0 aromatic carbocycles. The predicted octanol–water partition coefficient (Wildman–Crippen LogP) is 0.575. The van der Waals surface area contributed by atoms with E-state index in [4.69, 9.17) is 4.74 Å². The summed E-state index contributed by atoms with van der Waals surface area (Å²) >= 11 is 1.33. The first-order valence-electron chi connectivity index (χ1n) is 7.64. The van der Waals surface area contributed by atoms with Gasteiger partial charge in [0.25, 0.3) is 0 Å². The number of rotatable bonds is 5. The minimum atomic E-state index is -3.52. The molecule has 0 unspecified atom stereocenters. The second-order valence-corrected chi connectivity index (χ2v) is 8.51. The zero-order valence-electron chi connectivity index (χ0n) is 12.8. The highest BCUT2D eigenvalue weighted by Gasteiger charge is 2.29. The van der Waals surface area contributed by atoms with E-state index in [9.17, 15) is 8.42 Å². The molecule has 0 atom stereocenters. The summed E-state index contributed by atoms with van der Waals surface area (Å²) in [7, 11) is -3.52. The molecule has 2 fully saturated rings. The number of ether oxygens (including phenoxy) is 1. The van der Waals surface area contributed by atoms with Crippen molar-refractivity contribution in [2.45, 2.75) is 34.0 Å². The summed E-state index contributed by atoms with van der Waals surface area (Å²) in [5, 5.41) is 13.0. The Morgan fingerprint density at radius 2 is 2.00 bits per heavy atom. The number of morpholine rings is 1. The van der Waals surface area contributed by atoms with Crippen LogP contribution in [0.3, 0.4) is 0 Å². The van der Waals surface area contributed by atoms with Crippen LogP contribution in [-0.2, 0) is 14.8 Å². The van der Waals surface area contributed by atoms with Crippen molar-refractivity contribution in [2.75, 3.05) is 26.3 Å². The number of sulfonamides is 1. The highest BCUT2D eigenvalue weighted by Crippen LogP contribution is 2.37. The second kappa shape index (κ2) is 6.39. The van der Waals surface area contributed by atoms with Crippen LogP contribution in [0.25, 0.3) is 0 Å². The number of hydrogen-bond donors (Lipinski definition) is 0. The lowest BCUT2D eigenvalue weighted by Crippen LogP contribution is -2.40. The molecule has 2 aromatic rings. The summed E-state index contributed by atoms with van der Waals surface area (Å²) in [6.45, 7) is 1.58. The van der Waals surface area contributed by atoms with Crippen LogP contribution in [0.15, 0.2) is 33.4 Å². The van der Waals surface area contributed by atoms with Crippen LogP contribution in [0, 0.1) is 0 Å². The molecular formula is C13H16N6O3S2. The molecule has 4 rings (SSSR count). The van der Waals surface area contributed by atoms with Gasteiger partial charge in [-0.05, 0) is 47.2 Å². The Bertz CT molecular complexity index is 812. The highest BCUT2D eigenvalue weighted by molar-refractivity contribution is 7.99. The van der Waals surface area contributed by atoms with Crippen molar-refractivity contribution in [3.05, 3.63) is 18.3 Å². The third-order valence-corrected chi connectivity index (χ3v) is 6.65. The third kappa shape index (κ3) is 3.16. The molecule has 1 aliphatic heterocycles. The average molecular weight is 368 g/mol. The Morgan fingerprint density at radius 1 is 1.21 bits per heavy atom. The molecular weight excluding hydrogens is 352 g/mol. The van der Waals surface area contributed by atoms with Crippen LogP contribution in [-0.4, -0.2) is 64.2 Å². The molecule has 0 N–H and O–H groups in total. The molecule has 3 heterocycles. The van der Waals surface area contributed by atoms with Gasteiger partial charge in [-0.3, -0.25) is 0 Å². The first kappa shape index (κ1) is 15.9. The SMILES string of the molecule is O=S(=O)(c1ccc(Sc2nnnn2C2CC2)nc1)N1CCOCC1. The van der Waals surface area contributed by atoms with Crippen molar-refractivity contribution in [1.82, 2.24) is 29.5 Å². The Kier molecular flexibility index (Phi) is 4.24. The Balaban J connectivity index is 1.51. The smallest absolute Gasteiger partial charge is 0.244 e. The highest BCUT2D eigenvalue weighted by atomic mass is 32.2. The normalized spacial score (nSPS) is 19.5. The van der Waals surface area contributed by atoms with Gasteiger partial charge in [0.1, 0.15) is 9.92 Å². The fourth-order valence-corrected chi connectivity index (χ4v) is 4.55. The molecule has 24 heavy (non-hydrogen) atoms. The Morgan fingerprint density at radius 3 is 2.67 bits per heavy atom. The first-order valence-corrected chi connectivity index (χ1v) is 9.90. The van der Waals surface area contributed by atoms with Crippen molar-refractivity contribution >= 4 is 21.8 Å². The van der Waals surface area contributed by atoms with Crippen LogP contribution < -0.4 is 0 Å². The summed E-state index contributed by atoms with van der Waals surface area (Å²) < 4.78 is 33.5. The van der Waals surface area contributed by atoms with Gasteiger partial charge in [0.05, 0.1) is 19.3 Å². The lowest BCUT2D eigenvalue weighted by atomic mass is 10.5. The standard InChI is InChI=1S/C13H16N6O3S2/c20-24(21,18-5-7-22-8-6-18)11-3-4-12(14-9-11)23-13-15-16-17-19(13)10-1-2-10/h3-4,9-10H,1-2,5-8H2. The van der Waals surface area contributed by atoms with E-state index in [1.54, 1.807) is 16.8 Å². The first-order chi connectivity index (χ1) is 11.6. The monoisotopic (exact) mass is 368 g/mol. The van der Waals surface area contributed by atoms with Crippen LogP contribution >= 0.6 is 11.8 Å². The van der Waals surface area contributed by atoms with E-state index in [-0.39, 0.29) is 4.90 Å². The fraction of sp³-hybridized carbons (Fsp3) is 0.538. The zero-order chi connectivity index (χ0) is 16.6. The van der Waals surface area contributed by atoms with Gasteiger partial charge in [-0.15, -0.1) is 5.10 Å². The summed E-state index contributed by atoms with van der Waals surface area (Å²) in [6.07, 6.45) is 3.56. The fourth-order valence-electron chi connectivity index (χ4n) is 2.41. The summed E-state index contributed by atoms with van der Waals surface area (Å²) in [6, 6.07) is 3.64. The molecule has 0 bridgehead atoms. The van der Waals surface area contributed by atoms with Crippen molar-refractivity contribution in [3.63, 3.8) is 0 Å². The number of tetrazole rings is 1. The molecule has 0 amide bonds. The van der Waals surface area contributed by atoms with Gasteiger partial charge >= 0.3 is 0 Å². The van der Waals surface area contributed by atoms with Gasteiger partial charge in [0, 0.05) is 19.3 Å². The molecule has 0 radical (unpaired) electrons. The van der Waals surface area contributed by atoms with E-state index in [1.165, 1.54) is 22.3 Å². The predicted molar refractivity (Wildman–Crippen MR) is 84.0 cm³/mol. The largest absolute Gasteiger partial charge is 0.379 e. The summed E-state index contributed by atoms with van der Waals surface area (Å²) in [5.74, 6) is 0.